The van der Waals surface area contributed by atoms with Gasteiger partial charge in [-0.15, -0.1) is 0 Å². The van der Waals surface area contributed by atoms with Crippen LogP contribution in [0.25, 0.3) is 0 Å². The van der Waals surface area contributed by atoms with E-state index in [9.17, 15) is 0 Å². The molecule has 0 fully saturated rings. The average Bonchev–Trinajstić information content (AvgIpc) is 2.41. The van der Waals surface area contributed by atoms with Crippen LogP contribution >= 0.6 is 0 Å². The van der Waals surface area contributed by atoms with Crippen molar-refractivity contribution in [1.82, 2.24) is 0 Å². The summed E-state index contributed by atoms with van der Waals surface area (Å²) in [5, 5.41) is 18.0. The van der Waals surface area contributed by atoms with Gasteiger partial charge in [-0.25, -0.2) is 0 Å². The number of benzene rings is 2. The summed E-state index contributed by atoms with van der Waals surface area (Å²) in [4.78, 5) is 0. The molecule has 0 aliphatic carbocycles. The normalized spacial score (nSPS) is 13.1. The van der Waals surface area contributed by atoms with Crippen molar-refractivity contribution in [2.45, 2.75) is 26.1 Å². The molecule has 0 saturated heterocycles. The van der Waals surface area contributed by atoms with Gasteiger partial charge in [0, 0.05) is 0 Å². The second kappa shape index (κ2) is 7.64. The predicted molar refractivity (Wildman–Crippen MR) is 74.2 cm³/mol. The quantitative estimate of drug-likeness (QED) is 0.849. The van der Waals surface area contributed by atoms with Gasteiger partial charge in [0.1, 0.15) is 0 Å². The molecule has 2 aromatic carbocycles. The third kappa shape index (κ3) is 5.13. The molecule has 2 atom stereocenters. The molecule has 0 spiro atoms. The summed E-state index contributed by atoms with van der Waals surface area (Å²) >= 11 is 0. The van der Waals surface area contributed by atoms with Crippen molar-refractivity contribution < 1.29 is 10.2 Å². The Morgan fingerprint density at radius 2 is 0.889 bits per heavy atom. The summed E-state index contributed by atoms with van der Waals surface area (Å²) in [6, 6.07) is 19.2. The van der Waals surface area contributed by atoms with Crippen molar-refractivity contribution in [2.75, 3.05) is 0 Å². The van der Waals surface area contributed by atoms with E-state index in [1.54, 1.807) is 13.8 Å². The molecule has 0 aliphatic heterocycles. The molecule has 0 aliphatic rings. The van der Waals surface area contributed by atoms with Gasteiger partial charge in [-0.05, 0) is 25.0 Å². The highest BCUT2D eigenvalue weighted by molar-refractivity contribution is 5.16. The van der Waals surface area contributed by atoms with Crippen LogP contribution in [0, 0.1) is 0 Å². The number of aliphatic hydroxyl groups excluding tert-OH is 2. The zero-order valence-electron chi connectivity index (χ0n) is 10.8. The average molecular weight is 244 g/mol. The van der Waals surface area contributed by atoms with Crippen LogP contribution < -0.4 is 0 Å². The third-order valence-corrected chi connectivity index (χ3v) is 2.56. The second-order valence-electron chi connectivity index (χ2n) is 4.17. The molecule has 0 aromatic heterocycles. The van der Waals surface area contributed by atoms with Crippen molar-refractivity contribution in [3.63, 3.8) is 0 Å². The lowest BCUT2D eigenvalue weighted by atomic mass is 10.1. The van der Waals surface area contributed by atoms with E-state index in [2.05, 4.69) is 0 Å². The molecule has 0 unspecified atom stereocenters. The second-order valence-corrected chi connectivity index (χ2v) is 4.17. The molecule has 96 valence electrons. The van der Waals surface area contributed by atoms with Crippen LogP contribution in [-0.4, -0.2) is 10.2 Å². The zero-order chi connectivity index (χ0) is 13.4. The third-order valence-electron chi connectivity index (χ3n) is 2.56. The molecule has 2 N–H and O–H groups in total. The van der Waals surface area contributed by atoms with E-state index in [4.69, 9.17) is 10.2 Å². The lowest BCUT2D eigenvalue weighted by Crippen LogP contribution is -1.87. The maximum atomic E-state index is 9.02. The summed E-state index contributed by atoms with van der Waals surface area (Å²) in [6.45, 7) is 3.52. The highest BCUT2D eigenvalue weighted by Crippen LogP contribution is 2.09. The van der Waals surface area contributed by atoms with Gasteiger partial charge in [-0.1, -0.05) is 60.7 Å². The van der Waals surface area contributed by atoms with Gasteiger partial charge in [-0.3, -0.25) is 0 Å². The molecule has 2 heteroatoms. The van der Waals surface area contributed by atoms with E-state index in [1.807, 2.05) is 60.7 Å². The van der Waals surface area contributed by atoms with Gasteiger partial charge >= 0.3 is 0 Å². The lowest BCUT2D eigenvalue weighted by molar-refractivity contribution is 0.199. The molecular weight excluding hydrogens is 224 g/mol. The van der Waals surface area contributed by atoms with Crippen molar-refractivity contribution in [3.8, 4) is 0 Å². The highest BCUT2D eigenvalue weighted by atomic mass is 16.3. The Morgan fingerprint density at radius 1 is 0.611 bits per heavy atom. The predicted octanol–water partition coefficient (Wildman–Crippen LogP) is 3.48. The number of aliphatic hydroxyl groups is 2. The summed E-state index contributed by atoms with van der Waals surface area (Å²) < 4.78 is 0. The Hall–Kier alpha value is -1.64. The van der Waals surface area contributed by atoms with Crippen LogP contribution in [0.1, 0.15) is 37.2 Å². The molecule has 18 heavy (non-hydrogen) atoms. The molecule has 0 saturated carbocycles. The minimum absolute atomic E-state index is 0.341. The van der Waals surface area contributed by atoms with Gasteiger partial charge in [-0.2, -0.15) is 0 Å². The van der Waals surface area contributed by atoms with Crippen molar-refractivity contribution in [2.24, 2.45) is 0 Å². The minimum atomic E-state index is -0.341. The summed E-state index contributed by atoms with van der Waals surface area (Å²) in [6.07, 6.45) is -0.683. The van der Waals surface area contributed by atoms with Crippen molar-refractivity contribution in [1.29, 1.82) is 0 Å². The van der Waals surface area contributed by atoms with Gasteiger partial charge in [0.25, 0.3) is 0 Å². The van der Waals surface area contributed by atoms with E-state index >= 15 is 0 Å². The first-order valence-electron chi connectivity index (χ1n) is 6.07. The number of rotatable bonds is 2. The maximum absolute atomic E-state index is 9.02. The first-order chi connectivity index (χ1) is 8.61. The molecule has 0 radical (unpaired) electrons. The van der Waals surface area contributed by atoms with Crippen LogP contribution in [0.3, 0.4) is 0 Å². The SMILES string of the molecule is C[C@@H](O)c1ccccc1.C[C@H](O)c1ccccc1. The first kappa shape index (κ1) is 14.4. The molecule has 0 bridgehead atoms. The molecule has 2 aromatic rings. The topological polar surface area (TPSA) is 40.5 Å². The summed E-state index contributed by atoms with van der Waals surface area (Å²) in [5.41, 5.74) is 1.94. The highest BCUT2D eigenvalue weighted by Gasteiger charge is 1.95. The van der Waals surface area contributed by atoms with Crippen LogP contribution in [-0.2, 0) is 0 Å². The molecule has 2 rings (SSSR count). The molecule has 0 amide bonds. The summed E-state index contributed by atoms with van der Waals surface area (Å²) in [7, 11) is 0. The number of hydrogen-bond acceptors (Lipinski definition) is 2. The van der Waals surface area contributed by atoms with Crippen molar-refractivity contribution >= 4 is 0 Å². The number of hydrogen-bond donors (Lipinski definition) is 2. The standard InChI is InChI=1S/2C8H10O/c2*1-7(9)8-5-3-2-4-6-8/h2*2-7,9H,1H3/t2*7-/m10/s1. The smallest absolute Gasteiger partial charge is 0.0761 e. The fourth-order valence-electron chi connectivity index (χ4n) is 1.46. The minimum Gasteiger partial charge on any atom is -0.389 e. The maximum Gasteiger partial charge on any atom is 0.0761 e. The van der Waals surface area contributed by atoms with E-state index in [1.165, 1.54) is 0 Å². The van der Waals surface area contributed by atoms with Crippen LogP contribution in [0.2, 0.25) is 0 Å². The zero-order valence-corrected chi connectivity index (χ0v) is 10.8. The fraction of sp³-hybridized carbons (Fsp3) is 0.250. The molecule has 2 nitrogen and oxygen atoms in total. The van der Waals surface area contributed by atoms with Gasteiger partial charge < -0.3 is 10.2 Å². The van der Waals surface area contributed by atoms with Crippen LogP contribution in [0.4, 0.5) is 0 Å². The fourth-order valence-corrected chi connectivity index (χ4v) is 1.46. The Morgan fingerprint density at radius 3 is 1.06 bits per heavy atom. The summed E-state index contributed by atoms with van der Waals surface area (Å²) in [5.74, 6) is 0. The van der Waals surface area contributed by atoms with Crippen LogP contribution in [0.5, 0.6) is 0 Å². The Bertz CT molecular complexity index is 378. The van der Waals surface area contributed by atoms with E-state index in [-0.39, 0.29) is 12.2 Å². The Balaban J connectivity index is 0.000000180. The Labute approximate surface area is 109 Å². The van der Waals surface area contributed by atoms with E-state index < -0.39 is 0 Å². The molecule has 0 heterocycles. The lowest BCUT2D eigenvalue weighted by Gasteiger charge is -2.00. The van der Waals surface area contributed by atoms with E-state index in [0.717, 1.165) is 11.1 Å². The van der Waals surface area contributed by atoms with Crippen molar-refractivity contribution in [3.05, 3.63) is 71.8 Å². The Kier molecular flexibility index (Phi) is 6.12. The first-order valence-corrected chi connectivity index (χ1v) is 6.07. The van der Waals surface area contributed by atoms with Gasteiger partial charge in [0.2, 0.25) is 0 Å². The van der Waals surface area contributed by atoms with Gasteiger partial charge in [0.15, 0.2) is 0 Å². The van der Waals surface area contributed by atoms with Crippen LogP contribution in [0.15, 0.2) is 60.7 Å². The molecular formula is C16H20O2. The van der Waals surface area contributed by atoms with E-state index in [0.29, 0.717) is 0 Å². The largest absolute Gasteiger partial charge is 0.389 e. The monoisotopic (exact) mass is 244 g/mol. The van der Waals surface area contributed by atoms with Gasteiger partial charge in [0.05, 0.1) is 12.2 Å².